The molecular formula is C52H66N8O7. The van der Waals surface area contributed by atoms with Crippen LogP contribution < -0.4 is 32.0 Å². The maximum Gasteiger partial charge on any atom is 0.226 e. The summed E-state index contributed by atoms with van der Waals surface area (Å²) in [6.45, 7) is 11.2. The van der Waals surface area contributed by atoms with Gasteiger partial charge in [0, 0.05) is 67.5 Å². The van der Waals surface area contributed by atoms with Crippen LogP contribution in [-0.2, 0) is 31.0 Å². The average molecular weight is 915 g/mol. The summed E-state index contributed by atoms with van der Waals surface area (Å²) < 4.78 is 12.6. The van der Waals surface area contributed by atoms with Crippen molar-refractivity contribution in [1.82, 2.24) is 20.2 Å². The molecule has 15 nitrogen and oxygen atoms in total. The summed E-state index contributed by atoms with van der Waals surface area (Å²) in [6, 6.07) is 18.4. The van der Waals surface area contributed by atoms with Crippen molar-refractivity contribution in [2.75, 3.05) is 39.9 Å². The Morgan fingerprint density at radius 1 is 0.910 bits per heavy atom. The Balaban J connectivity index is 1.57. The molecular weight excluding hydrogens is 849 g/mol. The lowest BCUT2D eigenvalue weighted by Crippen LogP contribution is -2.46. The van der Waals surface area contributed by atoms with Gasteiger partial charge in [-0.05, 0) is 98.6 Å². The molecule has 0 saturated heterocycles. The molecule has 4 bridgehead atoms. The van der Waals surface area contributed by atoms with Crippen LogP contribution in [0.4, 0.5) is 0 Å². The molecule has 0 spiro atoms. The summed E-state index contributed by atoms with van der Waals surface area (Å²) in [6.07, 6.45) is 2.25. The van der Waals surface area contributed by atoms with Crippen LogP contribution in [0.15, 0.2) is 66.9 Å². The molecule has 1 aromatic heterocycles. The molecule has 0 unspecified atom stereocenters. The number of carbonyl (C=O) groups excluding carboxylic acids is 5. The highest BCUT2D eigenvalue weighted by Gasteiger charge is 2.36. The highest BCUT2D eigenvalue weighted by molar-refractivity contribution is 6.00. The molecule has 0 aliphatic carbocycles. The first kappa shape index (κ1) is 51.6. The number of rotatable bonds is 19. The van der Waals surface area contributed by atoms with Crippen molar-refractivity contribution >= 4 is 29.2 Å². The molecule has 356 valence electrons. The molecule has 15 heteroatoms. The van der Waals surface area contributed by atoms with Gasteiger partial charge in [-0.25, -0.2) is 9.97 Å². The van der Waals surface area contributed by atoms with E-state index in [-0.39, 0.29) is 74.2 Å². The fourth-order valence-corrected chi connectivity index (χ4v) is 8.17. The number of ketones is 3. The third-order valence-corrected chi connectivity index (χ3v) is 12.1. The predicted molar refractivity (Wildman–Crippen MR) is 257 cm³/mol. The largest absolute Gasteiger partial charge is 0.493 e. The first-order valence-electron chi connectivity index (χ1n) is 23.1. The summed E-state index contributed by atoms with van der Waals surface area (Å²) in [5.41, 5.74) is 22.7. The number of nitriles is 1. The second-order valence-corrected chi connectivity index (χ2v) is 18.3. The Hall–Kier alpha value is -6.34. The Kier molecular flexibility index (Phi) is 18.4. The second-order valence-electron chi connectivity index (χ2n) is 18.3. The zero-order valence-electron chi connectivity index (χ0n) is 39.7. The molecule has 1 aliphatic rings. The lowest BCUT2D eigenvalue weighted by molar-refractivity contribution is -0.142. The molecule has 5 rings (SSSR count). The number of hydrogen-bond donors (Lipinski definition) is 4. The van der Waals surface area contributed by atoms with Crippen LogP contribution in [-0.4, -0.2) is 90.0 Å². The molecule has 7 N–H and O–H groups in total. The number of aromatic nitrogens is 2. The van der Waals surface area contributed by atoms with E-state index in [9.17, 15) is 29.2 Å². The smallest absolute Gasteiger partial charge is 0.226 e. The topological polar surface area (TPSA) is 247 Å². The van der Waals surface area contributed by atoms with Gasteiger partial charge in [0.15, 0.2) is 23.2 Å². The zero-order valence-corrected chi connectivity index (χ0v) is 39.7. The van der Waals surface area contributed by atoms with Gasteiger partial charge in [0.2, 0.25) is 11.8 Å². The Bertz CT molecular complexity index is 2440. The van der Waals surface area contributed by atoms with Gasteiger partial charge in [0.25, 0.3) is 0 Å². The molecule has 4 atom stereocenters. The number of carbonyl (C=O) groups is 5. The third kappa shape index (κ3) is 13.4. The molecule has 0 fully saturated rings. The zero-order chi connectivity index (χ0) is 48.8. The maximum absolute atomic E-state index is 14.8. The van der Waals surface area contributed by atoms with E-state index < -0.39 is 41.5 Å². The van der Waals surface area contributed by atoms with Gasteiger partial charge >= 0.3 is 0 Å². The van der Waals surface area contributed by atoms with Crippen LogP contribution in [0.5, 0.6) is 11.5 Å². The first-order valence-corrected chi connectivity index (χ1v) is 23.1. The van der Waals surface area contributed by atoms with Crippen molar-refractivity contribution in [3.63, 3.8) is 0 Å². The molecule has 0 saturated carbocycles. The van der Waals surface area contributed by atoms with Crippen molar-refractivity contribution in [3.8, 4) is 40.1 Å². The number of Topliss-reactive ketones (excluding diaryl/α,β-unsaturated/α-hetero) is 3. The van der Waals surface area contributed by atoms with E-state index in [0.717, 1.165) is 11.1 Å². The fraction of sp³-hybridized carbons (Fsp3) is 0.462. The fourth-order valence-electron chi connectivity index (χ4n) is 8.17. The van der Waals surface area contributed by atoms with Gasteiger partial charge in [-0.3, -0.25) is 24.0 Å². The minimum atomic E-state index is -1.23. The van der Waals surface area contributed by atoms with Gasteiger partial charge in [-0.2, -0.15) is 5.26 Å². The number of benzene rings is 3. The van der Waals surface area contributed by atoms with Gasteiger partial charge in [0.05, 0.1) is 36.6 Å². The Morgan fingerprint density at radius 2 is 1.55 bits per heavy atom. The number of nitrogens with one attached hydrogen (secondary N) is 1. The van der Waals surface area contributed by atoms with Crippen LogP contribution in [0.25, 0.3) is 22.5 Å². The van der Waals surface area contributed by atoms with Gasteiger partial charge in [-0.1, -0.05) is 64.1 Å². The summed E-state index contributed by atoms with van der Waals surface area (Å²) in [4.78, 5) is 81.6. The van der Waals surface area contributed by atoms with Crippen LogP contribution in [0.2, 0.25) is 0 Å². The van der Waals surface area contributed by atoms with Crippen LogP contribution in [0.1, 0.15) is 111 Å². The van der Waals surface area contributed by atoms with Gasteiger partial charge in [-0.15, -0.1) is 0 Å². The van der Waals surface area contributed by atoms with E-state index in [4.69, 9.17) is 26.7 Å². The minimum Gasteiger partial charge on any atom is -0.493 e. The van der Waals surface area contributed by atoms with E-state index in [2.05, 4.69) is 36.1 Å². The molecule has 2 amide bonds. The maximum atomic E-state index is 14.8. The SMILES string of the molecule is Cc1nc(-c2ccc(C(C)(C)C)cc2)ncc1C(=O)C[C@@H](CCN)C(=O)N(C)[C@@H]1C(=O)C[C@@H](C)C(=O)N[C@H](C(=O)CCC#N)Cc2ccc(OCCCN)c(c2)-c2cc1ccc2OCCCN. The van der Waals surface area contributed by atoms with Crippen LogP contribution >= 0.6 is 0 Å². The third-order valence-electron chi connectivity index (χ3n) is 12.1. The van der Waals surface area contributed by atoms with Gasteiger partial charge < -0.3 is 36.9 Å². The van der Waals surface area contributed by atoms with E-state index in [1.165, 1.54) is 18.1 Å². The Morgan fingerprint density at radius 3 is 2.15 bits per heavy atom. The van der Waals surface area contributed by atoms with Crippen molar-refractivity contribution in [2.45, 2.75) is 103 Å². The number of ether oxygens (including phenoxy) is 2. The number of nitrogens with zero attached hydrogens (tertiary/aromatic N) is 4. The number of aryl methyl sites for hydroxylation is 1. The number of likely N-dealkylation sites (N-methyl/N-ethyl adjacent to an activating group) is 1. The predicted octanol–water partition coefficient (Wildman–Crippen LogP) is 6.12. The van der Waals surface area contributed by atoms with Crippen LogP contribution in [0, 0.1) is 30.1 Å². The molecule has 67 heavy (non-hydrogen) atoms. The number of fused-ring (bicyclic) bond motifs is 5. The summed E-state index contributed by atoms with van der Waals surface area (Å²) >= 11 is 0. The van der Waals surface area contributed by atoms with Crippen molar-refractivity contribution in [1.29, 1.82) is 5.26 Å². The monoisotopic (exact) mass is 915 g/mol. The average Bonchev–Trinajstić information content (AvgIpc) is 3.30. The quantitative estimate of drug-likeness (QED) is 0.0613. The molecule has 1 aliphatic heterocycles. The van der Waals surface area contributed by atoms with Crippen molar-refractivity contribution < 1.29 is 33.4 Å². The molecule has 0 radical (unpaired) electrons. The van der Waals surface area contributed by atoms with Crippen molar-refractivity contribution in [2.24, 2.45) is 29.0 Å². The van der Waals surface area contributed by atoms with E-state index in [1.54, 1.807) is 38.1 Å². The number of nitrogens with two attached hydrogens (primary N) is 3. The summed E-state index contributed by atoms with van der Waals surface area (Å²) in [5.74, 6) is -2.58. The standard InChI is InChI=1S/C52H66N8O7/c1-32-26-45(63)48(60(6)51(65)37(19-23-56)30-44(62)41-31-57-49(58-33(41)2)35-12-15-38(16-13-35)52(3,4)5)36-14-18-47(67-25-9-22-55)40(29-36)39-27-34(11-17-46(39)66-24-8-21-54)28-42(59-50(32)64)43(61)10-7-20-53/h11-18,27,29,31-32,37,42,48H,7-10,19,21-26,28,30,54-56H2,1-6H3,(H,59,64)/t32-,37-,42+,48+/m1/s1. The normalized spacial score (nSPS) is 16.8. The Labute approximate surface area is 394 Å². The number of amides is 2. The van der Waals surface area contributed by atoms with E-state index in [1.807, 2.05) is 42.5 Å². The van der Waals surface area contributed by atoms with E-state index in [0.29, 0.717) is 77.8 Å². The summed E-state index contributed by atoms with van der Waals surface area (Å²) in [5, 5.41) is 12.1. The lowest BCUT2D eigenvalue weighted by atomic mass is 9.86. The highest BCUT2D eigenvalue weighted by Crippen LogP contribution is 2.41. The second kappa shape index (κ2) is 23.9. The van der Waals surface area contributed by atoms with Gasteiger partial charge in [0.1, 0.15) is 17.5 Å². The van der Waals surface area contributed by atoms with Crippen LogP contribution in [0.3, 0.4) is 0 Å². The lowest BCUT2D eigenvalue weighted by Gasteiger charge is -2.32. The van der Waals surface area contributed by atoms with E-state index >= 15 is 0 Å². The molecule has 2 heterocycles. The molecule has 4 aromatic rings. The van der Waals surface area contributed by atoms with Crippen molar-refractivity contribution in [3.05, 3.63) is 94.8 Å². The number of hydrogen-bond acceptors (Lipinski definition) is 13. The first-order chi connectivity index (χ1) is 32.0. The highest BCUT2D eigenvalue weighted by atomic mass is 16.5. The summed E-state index contributed by atoms with van der Waals surface area (Å²) in [7, 11) is 1.51. The molecule has 3 aromatic carbocycles. The minimum absolute atomic E-state index is 0.0265.